The maximum atomic E-state index is 11.6. The quantitative estimate of drug-likeness (QED) is 0.750. The van der Waals surface area contributed by atoms with E-state index in [0.717, 1.165) is 5.75 Å². The van der Waals surface area contributed by atoms with Gasteiger partial charge in [0.1, 0.15) is 6.04 Å². The molecule has 0 aromatic rings. The largest absolute Gasteiger partial charge is 0.480 e. The lowest BCUT2D eigenvalue weighted by Gasteiger charge is -2.20. The molecule has 0 spiro atoms. The Kier molecular flexibility index (Phi) is 6.48. The number of carboxylic acid groups (broad SMARTS) is 1. The number of carboxylic acids is 1. The normalized spacial score (nSPS) is 13.2. The molecule has 0 aromatic heterocycles. The molecule has 2 N–H and O–H groups in total. The zero-order chi connectivity index (χ0) is 12.8. The monoisotopic (exact) mass is 247 g/mol. The first-order valence-corrected chi connectivity index (χ1v) is 6.67. The van der Waals surface area contributed by atoms with Crippen LogP contribution in [0.1, 0.15) is 33.6 Å². The van der Waals surface area contributed by atoms with Crippen LogP contribution in [0.5, 0.6) is 0 Å². The molecule has 5 heteroatoms. The van der Waals surface area contributed by atoms with Gasteiger partial charge in [0.25, 0.3) is 0 Å². The minimum absolute atomic E-state index is 0.118. The highest BCUT2D eigenvalue weighted by molar-refractivity contribution is 7.98. The Bertz CT molecular complexity index is 248. The molecule has 16 heavy (non-hydrogen) atoms. The van der Waals surface area contributed by atoms with Gasteiger partial charge in [-0.3, -0.25) is 4.79 Å². The third-order valence-electron chi connectivity index (χ3n) is 1.93. The van der Waals surface area contributed by atoms with E-state index in [4.69, 9.17) is 5.11 Å². The van der Waals surface area contributed by atoms with Crippen LogP contribution in [0, 0.1) is 5.41 Å². The van der Waals surface area contributed by atoms with Crippen molar-refractivity contribution in [2.75, 3.05) is 12.0 Å². The molecular weight excluding hydrogens is 226 g/mol. The molecule has 0 aliphatic heterocycles. The zero-order valence-electron chi connectivity index (χ0n) is 10.4. The first kappa shape index (κ1) is 15.3. The van der Waals surface area contributed by atoms with Gasteiger partial charge in [-0.2, -0.15) is 11.8 Å². The second-order valence-electron chi connectivity index (χ2n) is 4.98. The highest BCUT2D eigenvalue weighted by atomic mass is 32.2. The van der Waals surface area contributed by atoms with Crippen molar-refractivity contribution in [3.63, 3.8) is 0 Å². The number of carbonyl (C=O) groups excluding carboxylic acids is 1. The summed E-state index contributed by atoms with van der Waals surface area (Å²) in [6.45, 7) is 5.85. The van der Waals surface area contributed by atoms with Gasteiger partial charge in [-0.25, -0.2) is 4.79 Å². The first-order chi connectivity index (χ1) is 7.26. The number of rotatable bonds is 6. The number of amides is 1. The molecule has 0 radical (unpaired) electrons. The third kappa shape index (κ3) is 7.56. The number of aliphatic carboxylic acids is 1. The Morgan fingerprint density at radius 3 is 2.31 bits per heavy atom. The number of hydrogen-bond donors (Lipinski definition) is 2. The van der Waals surface area contributed by atoms with Gasteiger partial charge in [0.05, 0.1) is 0 Å². The van der Waals surface area contributed by atoms with Gasteiger partial charge in [-0.15, -0.1) is 0 Å². The average molecular weight is 247 g/mol. The van der Waals surface area contributed by atoms with E-state index in [1.165, 1.54) is 0 Å². The molecule has 1 atom stereocenters. The Morgan fingerprint density at radius 1 is 1.38 bits per heavy atom. The summed E-state index contributed by atoms with van der Waals surface area (Å²) >= 11 is 1.57. The number of hydrogen-bond acceptors (Lipinski definition) is 3. The maximum Gasteiger partial charge on any atom is 0.326 e. The molecule has 0 saturated carbocycles. The van der Waals surface area contributed by atoms with Crippen molar-refractivity contribution in [1.29, 1.82) is 0 Å². The predicted molar refractivity (Wildman–Crippen MR) is 66.6 cm³/mol. The summed E-state index contributed by atoms with van der Waals surface area (Å²) in [7, 11) is 0. The molecule has 4 nitrogen and oxygen atoms in total. The molecule has 0 heterocycles. The molecular formula is C11H21NO3S. The first-order valence-electron chi connectivity index (χ1n) is 5.27. The van der Waals surface area contributed by atoms with Crippen LogP contribution in [0.25, 0.3) is 0 Å². The molecule has 0 fully saturated rings. The van der Waals surface area contributed by atoms with Gasteiger partial charge in [0, 0.05) is 6.42 Å². The Labute approximate surface area is 101 Å². The summed E-state index contributed by atoms with van der Waals surface area (Å²) in [4.78, 5) is 22.4. The lowest BCUT2D eigenvalue weighted by atomic mass is 9.92. The lowest BCUT2D eigenvalue weighted by molar-refractivity contribution is -0.142. The number of carbonyl (C=O) groups is 2. The second kappa shape index (κ2) is 6.78. The summed E-state index contributed by atoms with van der Waals surface area (Å²) in [5, 5.41) is 11.5. The van der Waals surface area contributed by atoms with Gasteiger partial charge in [0.15, 0.2) is 0 Å². The van der Waals surface area contributed by atoms with Gasteiger partial charge < -0.3 is 10.4 Å². The van der Waals surface area contributed by atoms with Gasteiger partial charge in [0.2, 0.25) is 5.91 Å². The molecule has 0 saturated heterocycles. The molecule has 0 aliphatic carbocycles. The van der Waals surface area contributed by atoms with Gasteiger partial charge in [-0.1, -0.05) is 20.8 Å². The van der Waals surface area contributed by atoms with Crippen molar-refractivity contribution in [3.05, 3.63) is 0 Å². The van der Waals surface area contributed by atoms with Crippen LogP contribution < -0.4 is 5.32 Å². The molecule has 0 aromatic carbocycles. The van der Waals surface area contributed by atoms with E-state index in [9.17, 15) is 9.59 Å². The Hall–Kier alpha value is -0.710. The van der Waals surface area contributed by atoms with Crippen LogP contribution in [0.15, 0.2) is 0 Å². The Morgan fingerprint density at radius 2 is 1.94 bits per heavy atom. The van der Waals surface area contributed by atoms with Crippen LogP contribution in [0.4, 0.5) is 0 Å². The van der Waals surface area contributed by atoms with E-state index in [0.29, 0.717) is 12.8 Å². The highest BCUT2D eigenvalue weighted by Gasteiger charge is 2.22. The van der Waals surface area contributed by atoms with E-state index in [-0.39, 0.29) is 11.3 Å². The van der Waals surface area contributed by atoms with E-state index in [2.05, 4.69) is 5.32 Å². The lowest BCUT2D eigenvalue weighted by Crippen LogP contribution is -2.42. The topological polar surface area (TPSA) is 66.4 Å². The van der Waals surface area contributed by atoms with Crippen LogP contribution in [-0.4, -0.2) is 35.0 Å². The van der Waals surface area contributed by atoms with Crippen molar-refractivity contribution in [2.24, 2.45) is 5.41 Å². The van der Waals surface area contributed by atoms with Crippen molar-refractivity contribution in [1.82, 2.24) is 5.32 Å². The number of nitrogens with one attached hydrogen (secondary N) is 1. The standard InChI is InChI=1S/C11H21NO3S/c1-11(2,3)7-9(13)12-8(10(14)15)5-6-16-4/h8H,5-7H2,1-4H3,(H,12,13)(H,14,15)/t8-/m0/s1. The molecule has 1 amide bonds. The van der Waals surface area contributed by atoms with E-state index >= 15 is 0 Å². The summed E-state index contributed by atoms with van der Waals surface area (Å²) in [5.41, 5.74) is -0.118. The molecule has 0 bridgehead atoms. The zero-order valence-corrected chi connectivity index (χ0v) is 11.2. The predicted octanol–water partition coefficient (Wildman–Crippen LogP) is 1.75. The van der Waals surface area contributed by atoms with E-state index < -0.39 is 12.0 Å². The van der Waals surface area contributed by atoms with Crippen LogP contribution >= 0.6 is 11.8 Å². The minimum Gasteiger partial charge on any atom is -0.480 e. The van der Waals surface area contributed by atoms with Crippen molar-refractivity contribution in [2.45, 2.75) is 39.7 Å². The molecule has 94 valence electrons. The van der Waals surface area contributed by atoms with E-state index in [1.54, 1.807) is 11.8 Å². The van der Waals surface area contributed by atoms with Gasteiger partial charge >= 0.3 is 5.97 Å². The fourth-order valence-electron chi connectivity index (χ4n) is 1.22. The summed E-state index contributed by atoms with van der Waals surface area (Å²) in [6, 6.07) is -0.762. The number of thioether (sulfide) groups is 1. The smallest absolute Gasteiger partial charge is 0.326 e. The fourth-order valence-corrected chi connectivity index (χ4v) is 1.69. The highest BCUT2D eigenvalue weighted by Crippen LogP contribution is 2.18. The Balaban J connectivity index is 4.19. The summed E-state index contributed by atoms with van der Waals surface area (Å²) in [5.74, 6) is -0.426. The fraction of sp³-hybridized carbons (Fsp3) is 0.818. The van der Waals surface area contributed by atoms with Crippen molar-refractivity contribution < 1.29 is 14.7 Å². The summed E-state index contributed by atoms with van der Waals surface area (Å²) in [6.07, 6.45) is 2.72. The SMILES string of the molecule is CSCC[C@H](NC(=O)CC(C)(C)C)C(=O)O. The van der Waals surface area contributed by atoms with Gasteiger partial charge in [-0.05, 0) is 23.8 Å². The van der Waals surface area contributed by atoms with Crippen LogP contribution in [0.2, 0.25) is 0 Å². The maximum absolute atomic E-state index is 11.6. The summed E-state index contributed by atoms with van der Waals surface area (Å²) < 4.78 is 0. The van der Waals surface area contributed by atoms with Crippen molar-refractivity contribution in [3.8, 4) is 0 Å². The minimum atomic E-state index is -0.962. The van der Waals surface area contributed by atoms with Crippen LogP contribution in [-0.2, 0) is 9.59 Å². The van der Waals surface area contributed by atoms with Crippen molar-refractivity contribution >= 4 is 23.6 Å². The third-order valence-corrected chi connectivity index (χ3v) is 2.58. The molecule has 0 unspecified atom stereocenters. The average Bonchev–Trinajstić information content (AvgIpc) is 2.08. The second-order valence-corrected chi connectivity index (χ2v) is 5.96. The molecule has 0 aliphatic rings. The van der Waals surface area contributed by atoms with Crippen LogP contribution in [0.3, 0.4) is 0 Å². The molecule has 0 rings (SSSR count). The van der Waals surface area contributed by atoms with E-state index in [1.807, 2.05) is 27.0 Å².